The molecule has 0 saturated carbocycles. The summed E-state index contributed by atoms with van der Waals surface area (Å²) in [5.41, 5.74) is 0. The van der Waals surface area contributed by atoms with E-state index < -0.39 is 7.82 Å². The van der Waals surface area contributed by atoms with E-state index in [1.54, 1.807) is 0 Å². The van der Waals surface area contributed by atoms with E-state index in [4.69, 9.17) is 9.79 Å². The van der Waals surface area contributed by atoms with E-state index in [1.165, 1.54) is 0 Å². The van der Waals surface area contributed by atoms with Crippen molar-refractivity contribution in [3.8, 4) is 0 Å². The maximum atomic E-state index is 9.84. The van der Waals surface area contributed by atoms with Gasteiger partial charge >= 0.3 is 7.82 Å². The van der Waals surface area contributed by atoms with Gasteiger partial charge in [-0.15, -0.1) is 0 Å². The number of phosphoric ester groups is 1. The lowest BCUT2D eigenvalue weighted by molar-refractivity contribution is -0.105. The maximum absolute atomic E-state index is 9.84. The standard InChI is InChI=1S/C3H6O5P/c4-2-1-3-8-9(5,6)7/h1-2H,3H2,(H2,5,6,7). The first-order valence-electron chi connectivity index (χ1n) is 2.03. The summed E-state index contributed by atoms with van der Waals surface area (Å²) < 4.78 is 13.7. The van der Waals surface area contributed by atoms with Crippen molar-refractivity contribution >= 4 is 14.1 Å². The van der Waals surface area contributed by atoms with Gasteiger partial charge in [-0.2, -0.15) is 0 Å². The molecule has 0 heterocycles. The fourth-order valence-corrected chi connectivity index (χ4v) is 0.460. The number of carbonyl (C=O) groups excluding carboxylic acids is 1. The highest BCUT2D eigenvalue weighted by molar-refractivity contribution is 7.46. The Kier molecular flexibility index (Phi) is 3.65. The molecule has 0 aromatic rings. The number of aldehydes is 1. The molecular weight excluding hydrogens is 147 g/mol. The Labute approximate surface area is 51.9 Å². The summed E-state index contributed by atoms with van der Waals surface area (Å²) >= 11 is 0. The SMILES string of the molecule is O=C[CH]COP(=O)(O)O. The Morgan fingerprint density at radius 2 is 2.11 bits per heavy atom. The van der Waals surface area contributed by atoms with E-state index in [1.807, 2.05) is 0 Å². The number of hydrogen-bond acceptors (Lipinski definition) is 3. The largest absolute Gasteiger partial charge is 0.469 e. The molecule has 0 saturated heterocycles. The lowest BCUT2D eigenvalue weighted by atomic mass is 10.5. The van der Waals surface area contributed by atoms with Gasteiger partial charge in [-0.05, 0) is 0 Å². The van der Waals surface area contributed by atoms with Crippen LogP contribution in [0.5, 0.6) is 0 Å². The monoisotopic (exact) mass is 153 g/mol. The van der Waals surface area contributed by atoms with Crippen molar-refractivity contribution in [3.05, 3.63) is 6.42 Å². The van der Waals surface area contributed by atoms with Crippen LogP contribution in [0.4, 0.5) is 0 Å². The Balaban J connectivity index is 3.28. The second kappa shape index (κ2) is 3.74. The van der Waals surface area contributed by atoms with Crippen LogP contribution >= 0.6 is 7.82 Å². The molecule has 0 aliphatic carbocycles. The molecule has 0 aromatic heterocycles. The van der Waals surface area contributed by atoms with Crippen LogP contribution in [-0.2, 0) is 13.9 Å². The van der Waals surface area contributed by atoms with Gasteiger partial charge in [-0.1, -0.05) is 0 Å². The van der Waals surface area contributed by atoms with Gasteiger partial charge in [-0.25, -0.2) is 4.57 Å². The first kappa shape index (κ1) is 8.78. The van der Waals surface area contributed by atoms with Crippen molar-refractivity contribution < 1.29 is 23.7 Å². The molecule has 0 atom stereocenters. The maximum Gasteiger partial charge on any atom is 0.469 e. The zero-order valence-corrected chi connectivity index (χ0v) is 5.32. The van der Waals surface area contributed by atoms with Gasteiger partial charge in [0.15, 0.2) is 0 Å². The highest BCUT2D eigenvalue weighted by Gasteiger charge is 2.11. The highest BCUT2D eigenvalue weighted by Crippen LogP contribution is 2.35. The zero-order chi connectivity index (χ0) is 7.33. The molecular formula is C3H6O5P. The van der Waals surface area contributed by atoms with E-state index in [9.17, 15) is 9.36 Å². The molecule has 0 fully saturated rings. The van der Waals surface area contributed by atoms with Gasteiger partial charge < -0.3 is 14.6 Å². The van der Waals surface area contributed by atoms with Crippen LogP contribution < -0.4 is 0 Å². The Hall–Kier alpha value is -0.220. The lowest BCUT2D eigenvalue weighted by Crippen LogP contribution is -1.92. The summed E-state index contributed by atoms with van der Waals surface area (Å²) in [5, 5.41) is 0. The molecule has 0 aliphatic heterocycles. The molecule has 9 heavy (non-hydrogen) atoms. The van der Waals surface area contributed by atoms with Gasteiger partial charge in [0.2, 0.25) is 0 Å². The summed E-state index contributed by atoms with van der Waals surface area (Å²) in [5.74, 6) is 0. The van der Waals surface area contributed by atoms with Gasteiger partial charge in [0.25, 0.3) is 0 Å². The number of carbonyl (C=O) groups is 1. The van der Waals surface area contributed by atoms with Gasteiger partial charge in [0, 0.05) is 0 Å². The summed E-state index contributed by atoms with van der Waals surface area (Å²) in [6.07, 6.45) is 1.36. The quantitative estimate of drug-likeness (QED) is 0.323. The third kappa shape index (κ3) is 7.78. The minimum absolute atomic E-state index is 0.353. The second-order valence-corrected chi connectivity index (χ2v) is 2.40. The molecule has 0 spiro atoms. The molecule has 53 valence electrons. The minimum atomic E-state index is -4.39. The molecule has 0 aromatic carbocycles. The van der Waals surface area contributed by atoms with E-state index in [0.717, 1.165) is 6.42 Å². The normalized spacial score (nSPS) is 11.3. The molecule has 2 N–H and O–H groups in total. The van der Waals surface area contributed by atoms with E-state index in [0.29, 0.717) is 6.29 Å². The smallest absolute Gasteiger partial charge is 0.303 e. The molecule has 0 amide bonds. The number of hydrogen-bond donors (Lipinski definition) is 2. The topological polar surface area (TPSA) is 83.8 Å². The third-order valence-corrected chi connectivity index (χ3v) is 0.921. The molecule has 5 nitrogen and oxygen atoms in total. The zero-order valence-electron chi connectivity index (χ0n) is 4.43. The molecule has 0 unspecified atom stereocenters. The minimum Gasteiger partial charge on any atom is -0.303 e. The van der Waals surface area contributed by atoms with Crippen LogP contribution in [-0.4, -0.2) is 22.7 Å². The van der Waals surface area contributed by atoms with Crippen LogP contribution in [0.15, 0.2) is 0 Å². The third-order valence-electron chi connectivity index (χ3n) is 0.435. The van der Waals surface area contributed by atoms with Gasteiger partial charge in [0.05, 0.1) is 13.0 Å². The molecule has 1 radical (unpaired) electrons. The van der Waals surface area contributed by atoms with Crippen LogP contribution in [0.2, 0.25) is 0 Å². The average Bonchev–Trinajstić information content (AvgIpc) is 1.63. The van der Waals surface area contributed by atoms with Crippen molar-refractivity contribution in [2.24, 2.45) is 0 Å². The summed E-state index contributed by atoms with van der Waals surface area (Å²) in [6.45, 7) is -0.353. The van der Waals surface area contributed by atoms with Crippen LogP contribution in [0.3, 0.4) is 0 Å². The second-order valence-electron chi connectivity index (χ2n) is 1.16. The first-order chi connectivity index (χ1) is 4.06. The van der Waals surface area contributed by atoms with Crippen LogP contribution in [0.25, 0.3) is 0 Å². The fraction of sp³-hybridized carbons (Fsp3) is 0.333. The first-order valence-corrected chi connectivity index (χ1v) is 3.56. The summed E-state index contributed by atoms with van der Waals surface area (Å²) in [4.78, 5) is 25.5. The van der Waals surface area contributed by atoms with Crippen molar-refractivity contribution in [2.45, 2.75) is 0 Å². The molecule has 0 bridgehead atoms. The summed E-state index contributed by atoms with van der Waals surface area (Å²) in [7, 11) is -4.39. The van der Waals surface area contributed by atoms with Gasteiger partial charge in [0.1, 0.15) is 6.29 Å². The molecule has 6 heteroatoms. The van der Waals surface area contributed by atoms with E-state index in [-0.39, 0.29) is 6.61 Å². The van der Waals surface area contributed by atoms with E-state index >= 15 is 0 Å². The average molecular weight is 153 g/mol. The van der Waals surface area contributed by atoms with Crippen LogP contribution in [0, 0.1) is 6.42 Å². The Bertz CT molecular complexity index is 126. The predicted octanol–water partition coefficient (Wildman–Crippen LogP) is -0.501. The number of rotatable bonds is 4. The highest BCUT2D eigenvalue weighted by atomic mass is 31.2. The Morgan fingerprint density at radius 3 is 2.44 bits per heavy atom. The molecule has 0 rings (SSSR count). The predicted molar refractivity (Wildman–Crippen MR) is 28.4 cm³/mol. The fourth-order valence-electron chi connectivity index (χ4n) is 0.179. The van der Waals surface area contributed by atoms with Crippen molar-refractivity contribution in [1.29, 1.82) is 0 Å². The lowest BCUT2D eigenvalue weighted by Gasteiger charge is -2.00. The Morgan fingerprint density at radius 1 is 1.56 bits per heavy atom. The van der Waals surface area contributed by atoms with Crippen molar-refractivity contribution in [3.63, 3.8) is 0 Å². The summed E-state index contributed by atoms with van der Waals surface area (Å²) in [6, 6.07) is 0. The van der Waals surface area contributed by atoms with Gasteiger partial charge in [-0.3, -0.25) is 4.52 Å². The number of phosphoric acid groups is 1. The van der Waals surface area contributed by atoms with Crippen molar-refractivity contribution in [2.75, 3.05) is 6.61 Å². The molecule has 0 aliphatic rings. The van der Waals surface area contributed by atoms with Crippen molar-refractivity contribution in [1.82, 2.24) is 0 Å². The van der Waals surface area contributed by atoms with E-state index in [2.05, 4.69) is 4.52 Å². The van der Waals surface area contributed by atoms with Crippen LogP contribution in [0.1, 0.15) is 0 Å².